The largest absolute Gasteiger partial charge is 0.337 e. The molecule has 3 heterocycles. The number of fused-ring (bicyclic) bond motifs is 1. The fourth-order valence-electron chi connectivity index (χ4n) is 3.55. The number of rotatable bonds is 1. The molecule has 3 aliphatic heterocycles. The van der Waals surface area contributed by atoms with Crippen molar-refractivity contribution in [3.8, 4) is 0 Å². The Morgan fingerprint density at radius 1 is 1.42 bits per heavy atom. The molecule has 0 radical (unpaired) electrons. The number of carbonyl (C=O) groups excluding carboxylic acids is 1. The van der Waals surface area contributed by atoms with Crippen molar-refractivity contribution in [3.63, 3.8) is 0 Å². The molecule has 0 spiro atoms. The Labute approximate surface area is 112 Å². The molecule has 0 aromatic carbocycles. The zero-order valence-corrected chi connectivity index (χ0v) is 11.0. The molecule has 0 aromatic rings. The monoisotopic (exact) mass is 268 g/mol. The molecule has 2 saturated heterocycles. The third-order valence-electron chi connectivity index (χ3n) is 4.51. The number of piperidine rings is 1. The molecule has 6 heteroatoms. The molecule has 4 unspecified atom stereocenters. The molecule has 2 N–H and O–H groups in total. The predicted octanol–water partition coefficient (Wildman–Crippen LogP) is -0.198. The summed E-state index contributed by atoms with van der Waals surface area (Å²) < 4.78 is 14.1. The van der Waals surface area contributed by atoms with Gasteiger partial charge in [0.05, 0.1) is 18.6 Å². The molecule has 0 aromatic heterocycles. The highest BCUT2D eigenvalue weighted by Crippen LogP contribution is 2.25. The quantitative estimate of drug-likeness (QED) is 0.716. The van der Waals surface area contributed by atoms with E-state index in [1.807, 2.05) is 4.90 Å². The van der Waals surface area contributed by atoms with Gasteiger partial charge in [-0.2, -0.15) is 0 Å². The van der Waals surface area contributed by atoms with Gasteiger partial charge in [-0.1, -0.05) is 0 Å². The van der Waals surface area contributed by atoms with Crippen LogP contribution in [0.4, 0.5) is 4.39 Å². The second-order valence-electron chi connectivity index (χ2n) is 5.73. The standard InChI is InChI=1S/C13H21FN4O/c14-10-6-16-7-11(15)13(10)17-4-5-18-9(8-17)2-1-3-12(18)19/h7,9-11,13H,1-6,8,15H2. The van der Waals surface area contributed by atoms with Crippen LogP contribution in [0.2, 0.25) is 0 Å². The van der Waals surface area contributed by atoms with E-state index in [1.54, 1.807) is 6.21 Å². The van der Waals surface area contributed by atoms with Crippen LogP contribution in [0, 0.1) is 0 Å². The first-order chi connectivity index (χ1) is 9.16. The van der Waals surface area contributed by atoms with Gasteiger partial charge in [-0.25, -0.2) is 4.39 Å². The molecule has 3 aliphatic rings. The Morgan fingerprint density at radius 3 is 3.05 bits per heavy atom. The minimum Gasteiger partial charge on any atom is -0.337 e. The number of hydrogen-bond donors (Lipinski definition) is 1. The molecule has 1 amide bonds. The lowest BCUT2D eigenvalue weighted by Crippen LogP contribution is -2.64. The van der Waals surface area contributed by atoms with Crippen molar-refractivity contribution in [3.05, 3.63) is 0 Å². The second-order valence-corrected chi connectivity index (χ2v) is 5.73. The summed E-state index contributed by atoms with van der Waals surface area (Å²) >= 11 is 0. The summed E-state index contributed by atoms with van der Waals surface area (Å²) in [6.07, 6.45) is 3.31. The summed E-state index contributed by atoms with van der Waals surface area (Å²) in [6.45, 7) is 2.38. The van der Waals surface area contributed by atoms with E-state index in [9.17, 15) is 9.18 Å². The molecular formula is C13H21FN4O. The maximum Gasteiger partial charge on any atom is 0.222 e. The van der Waals surface area contributed by atoms with Crippen LogP contribution in [0.15, 0.2) is 4.99 Å². The van der Waals surface area contributed by atoms with Gasteiger partial charge < -0.3 is 10.6 Å². The molecule has 4 atom stereocenters. The highest BCUT2D eigenvalue weighted by Gasteiger charge is 2.40. The molecule has 19 heavy (non-hydrogen) atoms. The first kappa shape index (κ1) is 13.0. The lowest BCUT2D eigenvalue weighted by Gasteiger charge is -2.48. The Hall–Kier alpha value is -1.01. The van der Waals surface area contributed by atoms with Gasteiger partial charge in [0, 0.05) is 38.3 Å². The SMILES string of the molecule is NC1C=NCC(F)C1N1CCN2C(=O)CCCC2C1. The Morgan fingerprint density at radius 2 is 2.26 bits per heavy atom. The van der Waals surface area contributed by atoms with E-state index in [1.165, 1.54) is 0 Å². The van der Waals surface area contributed by atoms with E-state index in [2.05, 4.69) is 9.89 Å². The minimum atomic E-state index is -0.995. The number of hydrogen-bond acceptors (Lipinski definition) is 4. The number of alkyl halides is 1. The van der Waals surface area contributed by atoms with Crippen LogP contribution in [-0.4, -0.2) is 72.4 Å². The minimum absolute atomic E-state index is 0.210. The smallest absolute Gasteiger partial charge is 0.222 e. The van der Waals surface area contributed by atoms with Gasteiger partial charge >= 0.3 is 0 Å². The van der Waals surface area contributed by atoms with Gasteiger partial charge in [0.1, 0.15) is 6.17 Å². The van der Waals surface area contributed by atoms with Crippen molar-refractivity contribution in [2.45, 2.75) is 43.6 Å². The van der Waals surface area contributed by atoms with Crippen molar-refractivity contribution in [2.75, 3.05) is 26.2 Å². The lowest BCUT2D eigenvalue weighted by atomic mass is 9.94. The average molecular weight is 268 g/mol. The molecule has 0 aliphatic carbocycles. The lowest BCUT2D eigenvalue weighted by molar-refractivity contribution is -0.140. The van der Waals surface area contributed by atoms with Crippen LogP contribution in [0.25, 0.3) is 0 Å². The molecular weight excluding hydrogens is 247 g/mol. The van der Waals surface area contributed by atoms with E-state index < -0.39 is 6.17 Å². The van der Waals surface area contributed by atoms with Gasteiger partial charge in [-0.15, -0.1) is 0 Å². The first-order valence-electron chi connectivity index (χ1n) is 7.10. The van der Waals surface area contributed by atoms with Crippen LogP contribution >= 0.6 is 0 Å². The highest BCUT2D eigenvalue weighted by molar-refractivity contribution is 5.77. The fourth-order valence-corrected chi connectivity index (χ4v) is 3.55. The van der Waals surface area contributed by atoms with Crippen LogP contribution in [0.5, 0.6) is 0 Å². The predicted molar refractivity (Wildman–Crippen MR) is 70.9 cm³/mol. The molecule has 3 rings (SSSR count). The normalized spacial score (nSPS) is 40.3. The van der Waals surface area contributed by atoms with Crippen molar-refractivity contribution in [1.29, 1.82) is 0 Å². The number of amides is 1. The third kappa shape index (κ3) is 2.39. The number of nitrogens with zero attached hydrogens (tertiary/aromatic N) is 3. The molecule has 5 nitrogen and oxygen atoms in total. The van der Waals surface area contributed by atoms with Gasteiger partial charge in [0.2, 0.25) is 5.91 Å². The summed E-state index contributed by atoms with van der Waals surface area (Å²) in [6, 6.07) is -0.375. The van der Waals surface area contributed by atoms with Crippen LogP contribution in [-0.2, 0) is 4.79 Å². The van der Waals surface area contributed by atoms with E-state index in [-0.39, 0.29) is 30.6 Å². The fraction of sp³-hybridized carbons (Fsp3) is 0.846. The summed E-state index contributed by atoms with van der Waals surface area (Å²) in [5.41, 5.74) is 5.98. The van der Waals surface area contributed by atoms with Crippen molar-refractivity contribution >= 4 is 12.1 Å². The summed E-state index contributed by atoms with van der Waals surface area (Å²) in [5.74, 6) is 0.252. The first-order valence-corrected chi connectivity index (χ1v) is 7.10. The van der Waals surface area contributed by atoms with E-state index in [0.29, 0.717) is 13.0 Å². The molecule has 106 valence electrons. The van der Waals surface area contributed by atoms with Gasteiger partial charge in [-0.05, 0) is 12.8 Å². The summed E-state index contributed by atoms with van der Waals surface area (Å²) in [7, 11) is 0. The Kier molecular flexibility index (Phi) is 3.54. The highest BCUT2D eigenvalue weighted by atomic mass is 19.1. The molecule has 0 bridgehead atoms. The van der Waals surface area contributed by atoms with E-state index >= 15 is 0 Å². The average Bonchev–Trinajstić information content (AvgIpc) is 2.39. The van der Waals surface area contributed by atoms with Crippen LogP contribution < -0.4 is 5.73 Å². The summed E-state index contributed by atoms with van der Waals surface area (Å²) in [4.78, 5) is 19.9. The topological polar surface area (TPSA) is 61.9 Å². The zero-order chi connectivity index (χ0) is 13.4. The van der Waals surface area contributed by atoms with Gasteiger partial charge in [0.25, 0.3) is 0 Å². The number of nitrogens with two attached hydrogens (primary N) is 1. The maximum atomic E-state index is 14.1. The van der Waals surface area contributed by atoms with E-state index in [4.69, 9.17) is 5.73 Å². The van der Waals surface area contributed by atoms with Crippen molar-refractivity contribution < 1.29 is 9.18 Å². The number of aliphatic imine (C=N–C) groups is 1. The third-order valence-corrected chi connectivity index (χ3v) is 4.51. The number of carbonyl (C=O) groups is 1. The molecule has 2 fully saturated rings. The Balaban J connectivity index is 1.70. The van der Waals surface area contributed by atoms with Gasteiger partial charge in [0.15, 0.2) is 0 Å². The van der Waals surface area contributed by atoms with Crippen LogP contribution in [0.1, 0.15) is 19.3 Å². The van der Waals surface area contributed by atoms with Crippen LogP contribution in [0.3, 0.4) is 0 Å². The Bertz CT molecular complexity index is 389. The van der Waals surface area contributed by atoms with Gasteiger partial charge in [-0.3, -0.25) is 14.7 Å². The second kappa shape index (κ2) is 5.17. The number of piperazine rings is 1. The zero-order valence-electron chi connectivity index (χ0n) is 11.0. The van der Waals surface area contributed by atoms with E-state index in [0.717, 1.165) is 25.9 Å². The molecule has 0 saturated carbocycles. The van der Waals surface area contributed by atoms with Crippen molar-refractivity contribution in [1.82, 2.24) is 9.80 Å². The van der Waals surface area contributed by atoms with Crippen molar-refractivity contribution in [2.24, 2.45) is 10.7 Å². The summed E-state index contributed by atoms with van der Waals surface area (Å²) in [5, 5.41) is 0. The number of halogens is 1. The maximum absolute atomic E-state index is 14.1.